The monoisotopic (exact) mass is 458 g/mol. The minimum absolute atomic E-state index is 0. The van der Waals surface area contributed by atoms with Gasteiger partial charge in [0.05, 0.1) is 6.54 Å². The molecule has 1 amide bonds. The van der Waals surface area contributed by atoms with Crippen LogP contribution in [0.1, 0.15) is 44.1 Å². The van der Waals surface area contributed by atoms with Crippen LogP contribution in [0.4, 0.5) is 0 Å². The average Bonchev–Trinajstić information content (AvgIpc) is 2.63. The van der Waals surface area contributed by atoms with Gasteiger partial charge >= 0.3 is 0 Å². The summed E-state index contributed by atoms with van der Waals surface area (Å²) in [5.74, 6) is 0.732. The molecule has 5 nitrogen and oxygen atoms in total. The molecule has 0 atom stereocenters. The number of hydrogen-bond acceptors (Lipinski definition) is 2. The van der Waals surface area contributed by atoms with Crippen molar-refractivity contribution in [3.8, 4) is 0 Å². The third-order valence-corrected chi connectivity index (χ3v) is 4.39. The largest absolute Gasteiger partial charge is 0.356 e. The number of guanidine groups is 1. The summed E-state index contributed by atoms with van der Waals surface area (Å²) in [7, 11) is 1.73. The molecule has 1 saturated carbocycles. The van der Waals surface area contributed by atoms with Crippen LogP contribution < -0.4 is 16.0 Å². The Hall–Kier alpha value is -1.31. The van der Waals surface area contributed by atoms with Crippen molar-refractivity contribution in [1.29, 1.82) is 0 Å². The number of nitrogens with one attached hydrogen (secondary N) is 3. The summed E-state index contributed by atoms with van der Waals surface area (Å²) in [6.07, 6.45) is 8.03. The molecule has 3 N–H and O–H groups in total. The van der Waals surface area contributed by atoms with Crippen LogP contribution in [0.25, 0.3) is 0 Å². The van der Waals surface area contributed by atoms with E-state index in [1.807, 2.05) is 6.07 Å². The molecule has 1 aromatic rings. The van der Waals surface area contributed by atoms with Gasteiger partial charge in [-0.2, -0.15) is 0 Å². The summed E-state index contributed by atoms with van der Waals surface area (Å²) in [4.78, 5) is 16.2. The number of carbonyl (C=O) groups excluding carboxylic acids is 1. The fourth-order valence-corrected chi connectivity index (χ4v) is 3.05. The van der Waals surface area contributed by atoms with E-state index in [1.54, 1.807) is 7.05 Å². The Bertz CT molecular complexity index is 515. The molecule has 2 rings (SSSR count). The topological polar surface area (TPSA) is 65.5 Å². The molecule has 0 aromatic heterocycles. The molecular weight excluding hydrogens is 427 g/mol. The van der Waals surface area contributed by atoms with Crippen LogP contribution in [0.2, 0.25) is 0 Å². The first-order chi connectivity index (χ1) is 11.8. The molecule has 1 aromatic carbocycles. The molecule has 0 bridgehead atoms. The number of hydrogen-bond donors (Lipinski definition) is 3. The first-order valence-corrected chi connectivity index (χ1v) is 9.06. The van der Waals surface area contributed by atoms with Gasteiger partial charge in [-0.3, -0.25) is 9.79 Å². The highest BCUT2D eigenvalue weighted by atomic mass is 127. The Morgan fingerprint density at radius 2 is 1.84 bits per heavy atom. The van der Waals surface area contributed by atoms with E-state index < -0.39 is 0 Å². The van der Waals surface area contributed by atoms with Gasteiger partial charge in [0.2, 0.25) is 5.91 Å². The van der Waals surface area contributed by atoms with Gasteiger partial charge in [0.25, 0.3) is 0 Å². The Kier molecular flexibility index (Phi) is 11.3. The Labute approximate surface area is 168 Å². The third-order valence-electron chi connectivity index (χ3n) is 4.39. The average molecular weight is 458 g/mol. The smallest absolute Gasteiger partial charge is 0.239 e. The number of benzene rings is 1. The maximum absolute atomic E-state index is 12.0. The van der Waals surface area contributed by atoms with Gasteiger partial charge in [0.15, 0.2) is 5.96 Å². The van der Waals surface area contributed by atoms with Crippen molar-refractivity contribution in [3.05, 3.63) is 35.9 Å². The number of carbonyl (C=O) groups is 1. The van der Waals surface area contributed by atoms with Crippen molar-refractivity contribution in [2.45, 2.75) is 51.0 Å². The first-order valence-electron chi connectivity index (χ1n) is 9.06. The summed E-state index contributed by atoms with van der Waals surface area (Å²) >= 11 is 0. The van der Waals surface area contributed by atoms with Crippen LogP contribution in [0.3, 0.4) is 0 Å². The van der Waals surface area contributed by atoms with Crippen molar-refractivity contribution in [2.24, 2.45) is 4.99 Å². The van der Waals surface area contributed by atoms with Gasteiger partial charge in [0, 0.05) is 19.6 Å². The number of aryl methyl sites for hydroxylation is 1. The van der Waals surface area contributed by atoms with E-state index >= 15 is 0 Å². The van der Waals surface area contributed by atoms with Crippen molar-refractivity contribution in [2.75, 3.05) is 20.1 Å². The van der Waals surface area contributed by atoms with Crippen LogP contribution >= 0.6 is 24.0 Å². The second-order valence-corrected chi connectivity index (χ2v) is 6.34. The van der Waals surface area contributed by atoms with Gasteiger partial charge in [-0.1, -0.05) is 49.6 Å². The van der Waals surface area contributed by atoms with Crippen LogP contribution in [0, 0.1) is 0 Å². The van der Waals surface area contributed by atoms with Crippen molar-refractivity contribution in [1.82, 2.24) is 16.0 Å². The lowest BCUT2D eigenvalue weighted by molar-refractivity contribution is -0.120. The predicted octanol–water partition coefficient (Wildman–Crippen LogP) is 2.85. The predicted molar refractivity (Wildman–Crippen MR) is 115 cm³/mol. The van der Waals surface area contributed by atoms with Crippen molar-refractivity contribution >= 4 is 35.8 Å². The van der Waals surface area contributed by atoms with E-state index in [9.17, 15) is 4.79 Å². The number of nitrogens with zero attached hydrogens (tertiary/aromatic N) is 1. The van der Waals surface area contributed by atoms with Crippen LogP contribution in [0.5, 0.6) is 0 Å². The normalized spacial score (nSPS) is 15.2. The molecule has 25 heavy (non-hydrogen) atoms. The summed E-state index contributed by atoms with van der Waals surface area (Å²) in [6, 6.07) is 10.8. The van der Waals surface area contributed by atoms with Crippen LogP contribution in [-0.2, 0) is 11.2 Å². The van der Waals surface area contributed by atoms with Crippen LogP contribution in [0.15, 0.2) is 35.3 Å². The molecule has 0 aliphatic heterocycles. The standard InChI is InChI=1S/C19H30N4O.HI/c1-20-19(21-14-8-11-16-9-4-2-5-10-16)22-15-18(24)23-17-12-6-3-7-13-17;/h2,4-5,9-10,17H,3,6-8,11-15H2,1H3,(H,23,24)(H2,20,21,22);1H. The second-order valence-electron chi connectivity index (χ2n) is 6.34. The molecule has 0 saturated heterocycles. The highest BCUT2D eigenvalue weighted by Crippen LogP contribution is 2.17. The Morgan fingerprint density at radius 1 is 1.12 bits per heavy atom. The van der Waals surface area contributed by atoms with Gasteiger partial charge < -0.3 is 16.0 Å². The maximum atomic E-state index is 12.0. The van der Waals surface area contributed by atoms with E-state index in [4.69, 9.17) is 0 Å². The van der Waals surface area contributed by atoms with E-state index in [0.29, 0.717) is 12.0 Å². The SMILES string of the molecule is CN=C(NCCCc1ccccc1)NCC(=O)NC1CCCCC1.I. The summed E-state index contributed by atoms with van der Waals surface area (Å²) in [6.45, 7) is 1.10. The summed E-state index contributed by atoms with van der Waals surface area (Å²) in [5.41, 5.74) is 1.34. The number of rotatable bonds is 7. The molecule has 0 spiro atoms. The number of amides is 1. The highest BCUT2D eigenvalue weighted by Gasteiger charge is 2.15. The second kappa shape index (κ2) is 13.0. The van der Waals surface area contributed by atoms with Crippen molar-refractivity contribution in [3.63, 3.8) is 0 Å². The van der Waals surface area contributed by atoms with E-state index in [2.05, 4.69) is 45.2 Å². The molecule has 6 heteroatoms. The lowest BCUT2D eigenvalue weighted by atomic mass is 9.95. The zero-order chi connectivity index (χ0) is 17.0. The Balaban J connectivity index is 0.00000312. The molecule has 0 unspecified atom stereocenters. The number of aliphatic imine (C=N–C) groups is 1. The van der Waals surface area contributed by atoms with Crippen LogP contribution in [-0.4, -0.2) is 38.0 Å². The summed E-state index contributed by atoms with van der Waals surface area (Å²) in [5, 5.41) is 9.44. The number of halogens is 1. The van der Waals surface area contributed by atoms with E-state index in [1.165, 1.54) is 24.8 Å². The molecule has 0 radical (unpaired) electrons. The quantitative estimate of drug-likeness (QED) is 0.255. The molecule has 1 aliphatic rings. The highest BCUT2D eigenvalue weighted by molar-refractivity contribution is 14.0. The fraction of sp³-hybridized carbons (Fsp3) is 0.579. The molecule has 1 aliphatic carbocycles. The summed E-state index contributed by atoms with van der Waals surface area (Å²) < 4.78 is 0. The third kappa shape index (κ3) is 9.09. The molecule has 0 heterocycles. The molecule has 140 valence electrons. The van der Waals surface area contributed by atoms with E-state index in [-0.39, 0.29) is 36.4 Å². The maximum Gasteiger partial charge on any atom is 0.239 e. The lowest BCUT2D eigenvalue weighted by Crippen LogP contribution is -2.46. The van der Waals surface area contributed by atoms with Gasteiger partial charge in [-0.05, 0) is 31.2 Å². The van der Waals surface area contributed by atoms with E-state index in [0.717, 1.165) is 32.2 Å². The molecule has 1 fully saturated rings. The minimum atomic E-state index is 0. The Morgan fingerprint density at radius 3 is 2.52 bits per heavy atom. The van der Waals surface area contributed by atoms with Crippen molar-refractivity contribution < 1.29 is 4.79 Å². The van der Waals surface area contributed by atoms with Gasteiger partial charge in [-0.25, -0.2) is 0 Å². The lowest BCUT2D eigenvalue weighted by Gasteiger charge is -2.23. The zero-order valence-electron chi connectivity index (χ0n) is 15.1. The first kappa shape index (κ1) is 21.7. The van der Waals surface area contributed by atoms with Gasteiger partial charge in [0.1, 0.15) is 0 Å². The molecular formula is C19H31IN4O. The minimum Gasteiger partial charge on any atom is -0.356 e. The van der Waals surface area contributed by atoms with Gasteiger partial charge in [-0.15, -0.1) is 24.0 Å². The zero-order valence-corrected chi connectivity index (χ0v) is 17.4. The fourth-order valence-electron chi connectivity index (χ4n) is 3.05.